The predicted molar refractivity (Wildman–Crippen MR) is 99.0 cm³/mol. The number of hydrogen-bond acceptors (Lipinski definition) is 3. The lowest BCUT2D eigenvalue weighted by Gasteiger charge is -2.20. The van der Waals surface area contributed by atoms with Gasteiger partial charge in [-0.05, 0) is 41.3 Å². The summed E-state index contributed by atoms with van der Waals surface area (Å²) >= 11 is 11.8. The molecular weight excluding hydrogens is 378 g/mol. The van der Waals surface area contributed by atoms with Gasteiger partial charge in [-0.3, -0.25) is 9.59 Å². The number of amides is 1. The van der Waals surface area contributed by atoms with E-state index < -0.39 is 17.5 Å². The standard InChI is InChI=1S/C19H17Cl2FN2O2/c20-14-3-1-2-11-12(14)8-17(13(11)9-23)24-19(26)18(25)7-10-4-5-15(21)16(22)6-10/h1-6,13,17H,7-9,23H2,(H,24,26). The number of Topliss-reactive ketones (excluding diaryl/α,β-unsaturated/α-hetero) is 1. The second-order valence-electron chi connectivity index (χ2n) is 6.28. The number of nitrogens with two attached hydrogens (primary N) is 1. The van der Waals surface area contributed by atoms with Crippen molar-refractivity contribution >= 4 is 34.9 Å². The van der Waals surface area contributed by atoms with Gasteiger partial charge < -0.3 is 11.1 Å². The predicted octanol–water partition coefficient (Wildman–Crippen LogP) is 3.03. The molecule has 3 rings (SSSR count). The molecule has 0 aromatic heterocycles. The van der Waals surface area contributed by atoms with Crippen molar-refractivity contribution in [3.63, 3.8) is 0 Å². The van der Waals surface area contributed by atoms with Gasteiger partial charge in [0, 0.05) is 29.9 Å². The van der Waals surface area contributed by atoms with Crippen molar-refractivity contribution in [2.45, 2.75) is 24.8 Å². The van der Waals surface area contributed by atoms with E-state index in [1.807, 2.05) is 12.1 Å². The fourth-order valence-electron chi connectivity index (χ4n) is 3.32. The number of carbonyl (C=O) groups excluding carboxylic acids is 2. The molecule has 7 heteroatoms. The second kappa shape index (κ2) is 7.74. The molecule has 3 N–H and O–H groups in total. The maximum absolute atomic E-state index is 13.5. The summed E-state index contributed by atoms with van der Waals surface area (Å²) in [5.74, 6) is -2.09. The van der Waals surface area contributed by atoms with Crippen molar-refractivity contribution in [3.05, 3.63) is 69.0 Å². The summed E-state index contributed by atoms with van der Waals surface area (Å²) < 4.78 is 13.5. The third-order valence-corrected chi connectivity index (χ3v) is 5.30. The van der Waals surface area contributed by atoms with Crippen LogP contribution >= 0.6 is 23.2 Å². The Hall–Kier alpha value is -1.95. The molecule has 0 aliphatic heterocycles. The molecule has 2 atom stereocenters. The zero-order valence-electron chi connectivity index (χ0n) is 13.8. The molecule has 2 unspecified atom stereocenters. The van der Waals surface area contributed by atoms with Crippen LogP contribution in [0.25, 0.3) is 0 Å². The Morgan fingerprint density at radius 3 is 2.65 bits per heavy atom. The minimum atomic E-state index is -0.715. The fraction of sp³-hybridized carbons (Fsp3) is 0.263. The molecule has 0 saturated heterocycles. The summed E-state index contributed by atoms with van der Waals surface area (Å²) in [5.41, 5.74) is 8.20. The number of halogens is 3. The van der Waals surface area contributed by atoms with Crippen LogP contribution in [0.3, 0.4) is 0 Å². The molecular formula is C19H17Cl2FN2O2. The zero-order chi connectivity index (χ0) is 18.8. The summed E-state index contributed by atoms with van der Waals surface area (Å²) in [6.45, 7) is 0.328. The molecule has 1 aliphatic rings. The molecule has 4 nitrogen and oxygen atoms in total. The van der Waals surface area contributed by atoms with Crippen LogP contribution in [-0.4, -0.2) is 24.3 Å². The molecule has 26 heavy (non-hydrogen) atoms. The molecule has 0 fully saturated rings. The van der Waals surface area contributed by atoms with Crippen LogP contribution in [0.4, 0.5) is 4.39 Å². The minimum Gasteiger partial charge on any atom is -0.346 e. The lowest BCUT2D eigenvalue weighted by molar-refractivity contribution is -0.138. The lowest BCUT2D eigenvalue weighted by atomic mass is 9.98. The third-order valence-electron chi connectivity index (χ3n) is 4.64. The van der Waals surface area contributed by atoms with Gasteiger partial charge in [0.05, 0.1) is 5.02 Å². The van der Waals surface area contributed by atoms with Crippen LogP contribution < -0.4 is 11.1 Å². The van der Waals surface area contributed by atoms with Gasteiger partial charge >= 0.3 is 0 Å². The lowest BCUT2D eigenvalue weighted by Crippen LogP contribution is -2.43. The Morgan fingerprint density at radius 2 is 1.96 bits per heavy atom. The van der Waals surface area contributed by atoms with Crippen LogP contribution in [0.5, 0.6) is 0 Å². The summed E-state index contributed by atoms with van der Waals surface area (Å²) in [5, 5.41) is 3.35. The molecule has 2 aromatic rings. The number of nitrogens with one attached hydrogen (secondary N) is 1. The van der Waals surface area contributed by atoms with Crippen molar-refractivity contribution in [2.75, 3.05) is 6.54 Å². The number of carbonyl (C=O) groups is 2. The topological polar surface area (TPSA) is 72.2 Å². The number of fused-ring (bicyclic) bond motifs is 1. The first-order valence-corrected chi connectivity index (χ1v) is 8.91. The van der Waals surface area contributed by atoms with Gasteiger partial charge in [0.2, 0.25) is 5.78 Å². The maximum Gasteiger partial charge on any atom is 0.287 e. The van der Waals surface area contributed by atoms with E-state index in [1.165, 1.54) is 12.1 Å². The van der Waals surface area contributed by atoms with E-state index in [1.54, 1.807) is 6.07 Å². The number of rotatable bonds is 5. The smallest absolute Gasteiger partial charge is 0.287 e. The highest BCUT2D eigenvalue weighted by atomic mass is 35.5. The molecule has 0 spiro atoms. The highest BCUT2D eigenvalue weighted by Gasteiger charge is 2.34. The average molecular weight is 395 g/mol. The van der Waals surface area contributed by atoms with Gasteiger partial charge in [0.25, 0.3) is 5.91 Å². The Kier molecular flexibility index (Phi) is 5.61. The summed E-state index contributed by atoms with van der Waals surface area (Å²) in [4.78, 5) is 24.5. The van der Waals surface area contributed by atoms with Crippen LogP contribution in [0, 0.1) is 5.82 Å². The molecule has 0 radical (unpaired) electrons. The van der Waals surface area contributed by atoms with E-state index in [0.29, 0.717) is 23.6 Å². The zero-order valence-corrected chi connectivity index (χ0v) is 15.3. The summed E-state index contributed by atoms with van der Waals surface area (Å²) in [7, 11) is 0. The highest BCUT2D eigenvalue weighted by molar-refractivity contribution is 6.36. The molecule has 1 aliphatic carbocycles. The first-order valence-electron chi connectivity index (χ1n) is 8.15. The molecule has 1 amide bonds. The SMILES string of the molecule is NCC1c2cccc(Cl)c2CC1NC(=O)C(=O)Cc1ccc(Cl)c(F)c1. The second-order valence-corrected chi connectivity index (χ2v) is 7.10. The van der Waals surface area contributed by atoms with Gasteiger partial charge in [-0.1, -0.05) is 41.4 Å². The van der Waals surface area contributed by atoms with E-state index in [0.717, 1.165) is 17.2 Å². The molecule has 2 aromatic carbocycles. The molecule has 0 saturated carbocycles. The van der Waals surface area contributed by atoms with Gasteiger partial charge in [-0.15, -0.1) is 0 Å². The fourth-order valence-corrected chi connectivity index (χ4v) is 3.70. The molecule has 0 bridgehead atoms. The number of ketones is 1. The minimum absolute atomic E-state index is 0.0305. The summed E-state index contributed by atoms with van der Waals surface area (Å²) in [6.07, 6.45) is 0.319. The quantitative estimate of drug-likeness (QED) is 0.765. The van der Waals surface area contributed by atoms with E-state index in [-0.39, 0.29) is 23.4 Å². The van der Waals surface area contributed by atoms with Gasteiger partial charge in [-0.2, -0.15) is 0 Å². The van der Waals surface area contributed by atoms with Crippen molar-refractivity contribution < 1.29 is 14.0 Å². The average Bonchev–Trinajstić information content (AvgIpc) is 2.96. The van der Waals surface area contributed by atoms with Crippen molar-refractivity contribution in [3.8, 4) is 0 Å². The molecule has 136 valence electrons. The monoisotopic (exact) mass is 394 g/mol. The van der Waals surface area contributed by atoms with E-state index >= 15 is 0 Å². The maximum atomic E-state index is 13.5. The summed E-state index contributed by atoms with van der Waals surface area (Å²) in [6, 6.07) is 9.30. The van der Waals surface area contributed by atoms with E-state index in [2.05, 4.69) is 5.32 Å². The van der Waals surface area contributed by atoms with Crippen molar-refractivity contribution in [2.24, 2.45) is 5.73 Å². The van der Waals surface area contributed by atoms with Gasteiger partial charge in [0.1, 0.15) is 5.82 Å². The largest absolute Gasteiger partial charge is 0.346 e. The Labute approximate surface area is 160 Å². The highest BCUT2D eigenvalue weighted by Crippen LogP contribution is 2.36. The van der Waals surface area contributed by atoms with Crippen molar-refractivity contribution in [1.29, 1.82) is 0 Å². The first kappa shape index (κ1) is 18.8. The Bertz CT molecular complexity index is 873. The normalized spacial score (nSPS) is 18.5. The molecule has 0 heterocycles. The van der Waals surface area contributed by atoms with Crippen LogP contribution in [0.1, 0.15) is 22.6 Å². The first-order chi connectivity index (χ1) is 12.4. The van der Waals surface area contributed by atoms with Crippen LogP contribution in [0.2, 0.25) is 10.0 Å². The van der Waals surface area contributed by atoms with Gasteiger partial charge in [0.15, 0.2) is 0 Å². The number of hydrogen-bond donors (Lipinski definition) is 2. The van der Waals surface area contributed by atoms with E-state index in [9.17, 15) is 14.0 Å². The Balaban J connectivity index is 1.68. The van der Waals surface area contributed by atoms with E-state index in [4.69, 9.17) is 28.9 Å². The van der Waals surface area contributed by atoms with Crippen LogP contribution in [-0.2, 0) is 22.4 Å². The van der Waals surface area contributed by atoms with Crippen LogP contribution in [0.15, 0.2) is 36.4 Å². The van der Waals surface area contributed by atoms with Crippen molar-refractivity contribution in [1.82, 2.24) is 5.32 Å². The van der Waals surface area contributed by atoms with Gasteiger partial charge in [-0.25, -0.2) is 4.39 Å². The third kappa shape index (κ3) is 3.75. The number of benzene rings is 2. The Morgan fingerprint density at radius 1 is 1.19 bits per heavy atom.